The number of hydrogen-bond donors (Lipinski definition) is 0. The first kappa shape index (κ1) is 13.4. The normalized spacial score (nSPS) is 19.1. The fourth-order valence-electron chi connectivity index (χ4n) is 2.12. The minimum atomic E-state index is -0.0785. The number of anilines is 1. The molecule has 1 fully saturated rings. The van der Waals surface area contributed by atoms with Gasteiger partial charge in [0.1, 0.15) is 5.37 Å². The van der Waals surface area contributed by atoms with Crippen molar-refractivity contribution in [1.82, 2.24) is 9.97 Å². The average molecular weight is 306 g/mol. The highest BCUT2D eigenvalue weighted by Gasteiger charge is 2.31. The molecule has 0 N–H and O–H groups in total. The number of benzene rings is 1. The zero-order chi connectivity index (χ0) is 13.9. The van der Waals surface area contributed by atoms with Gasteiger partial charge in [-0.2, -0.15) is 0 Å². The first-order valence-electron chi connectivity index (χ1n) is 6.21. The topological polar surface area (TPSA) is 46.1 Å². The highest BCUT2D eigenvalue weighted by molar-refractivity contribution is 7.99. The summed E-state index contributed by atoms with van der Waals surface area (Å²) in [6, 6.07) is 7.57. The van der Waals surface area contributed by atoms with E-state index in [2.05, 4.69) is 9.97 Å². The average Bonchev–Trinajstić information content (AvgIpc) is 2.49. The summed E-state index contributed by atoms with van der Waals surface area (Å²) < 4.78 is 0. The fraction of sp³-hybridized carbons (Fsp3) is 0.214. The van der Waals surface area contributed by atoms with Gasteiger partial charge in [-0.3, -0.25) is 14.7 Å². The van der Waals surface area contributed by atoms with Crippen LogP contribution in [0.4, 0.5) is 5.82 Å². The van der Waals surface area contributed by atoms with E-state index in [1.807, 2.05) is 24.3 Å². The Hall–Kier alpha value is -1.59. The molecule has 2 aromatic rings. The number of amides is 1. The number of halogens is 1. The molecule has 1 aromatic carbocycles. The van der Waals surface area contributed by atoms with E-state index in [1.54, 1.807) is 35.3 Å². The molecule has 0 saturated carbocycles. The number of thioether (sulfide) groups is 1. The van der Waals surface area contributed by atoms with Gasteiger partial charge in [-0.1, -0.05) is 23.7 Å². The van der Waals surface area contributed by atoms with Crippen molar-refractivity contribution < 1.29 is 4.79 Å². The van der Waals surface area contributed by atoms with Gasteiger partial charge in [0.25, 0.3) is 0 Å². The second-order valence-corrected chi connectivity index (χ2v) is 5.98. The number of rotatable bonds is 2. The Morgan fingerprint density at radius 3 is 2.75 bits per heavy atom. The van der Waals surface area contributed by atoms with Gasteiger partial charge in [0.2, 0.25) is 5.91 Å². The molecule has 1 aliphatic heterocycles. The van der Waals surface area contributed by atoms with Crippen LogP contribution in [0.3, 0.4) is 0 Å². The Labute approximate surface area is 126 Å². The molecule has 1 aliphatic rings. The summed E-state index contributed by atoms with van der Waals surface area (Å²) >= 11 is 7.65. The molecule has 1 saturated heterocycles. The third kappa shape index (κ3) is 2.64. The summed E-state index contributed by atoms with van der Waals surface area (Å²) in [5.74, 6) is 1.47. The molecule has 20 heavy (non-hydrogen) atoms. The van der Waals surface area contributed by atoms with Gasteiger partial charge in [0.05, 0.1) is 6.20 Å². The Morgan fingerprint density at radius 1 is 1.25 bits per heavy atom. The molecule has 1 aromatic heterocycles. The third-order valence-corrected chi connectivity index (χ3v) is 4.54. The van der Waals surface area contributed by atoms with E-state index in [1.165, 1.54) is 0 Å². The monoisotopic (exact) mass is 305 g/mol. The largest absolute Gasteiger partial charge is 0.279 e. The molecule has 2 heterocycles. The van der Waals surface area contributed by atoms with Gasteiger partial charge in [-0.05, 0) is 17.7 Å². The van der Waals surface area contributed by atoms with Gasteiger partial charge < -0.3 is 0 Å². The van der Waals surface area contributed by atoms with Crippen molar-refractivity contribution in [2.45, 2.75) is 11.8 Å². The van der Waals surface area contributed by atoms with Crippen LogP contribution >= 0.6 is 23.4 Å². The predicted molar refractivity (Wildman–Crippen MR) is 80.8 cm³/mol. The lowest BCUT2D eigenvalue weighted by molar-refractivity contribution is -0.118. The van der Waals surface area contributed by atoms with Gasteiger partial charge in [-0.25, -0.2) is 4.98 Å². The molecule has 4 nitrogen and oxygen atoms in total. The van der Waals surface area contributed by atoms with Gasteiger partial charge in [-0.15, -0.1) is 11.8 Å². The van der Waals surface area contributed by atoms with Crippen LogP contribution in [0.1, 0.15) is 17.4 Å². The first-order valence-corrected chi connectivity index (χ1v) is 7.63. The molecule has 6 heteroatoms. The lowest BCUT2D eigenvalue weighted by atomic mass is 10.2. The molecule has 1 unspecified atom stereocenters. The zero-order valence-corrected chi connectivity index (χ0v) is 12.1. The van der Waals surface area contributed by atoms with Crippen LogP contribution < -0.4 is 4.90 Å². The van der Waals surface area contributed by atoms with Crippen molar-refractivity contribution in [2.75, 3.05) is 10.7 Å². The van der Waals surface area contributed by atoms with E-state index in [4.69, 9.17) is 11.6 Å². The van der Waals surface area contributed by atoms with Crippen LogP contribution in [-0.2, 0) is 4.79 Å². The Bertz CT molecular complexity index is 606. The molecule has 0 bridgehead atoms. The van der Waals surface area contributed by atoms with E-state index in [-0.39, 0.29) is 11.3 Å². The fourth-order valence-corrected chi connectivity index (χ4v) is 3.49. The Balaban J connectivity index is 1.98. The maximum Gasteiger partial charge on any atom is 0.230 e. The number of carbonyl (C=O) groups excluding carboxylic acids is 1. The van der Waals surface area contributed by atoms with Crippen LogP contribution in [0.15, 0.2) is 42.9 Å². The van der Waals surface area contributed by atoms with E-state index < -0.39 is 0 Å². The third-order valence-electron chi connectivity index (χ3n) is 3.05. The van der Waals surface area contributed by atoms with Crippen LogP contribution in [0.5, 0.6) is 0 Å². The second kappa shape index (κ2) is 5.81. The van der Waals surface area contributed by atoms with Crippen molar-refractivity contribution in [3.05, 3.63) is 53.4 Å². The lowest BCUT2D eigenvalue weighted by Gasteiger charge is -2.34. The maximum atomic E-state index is 12.3. The second-order valence-electron chi connectivity index (χ2n) is 4.35. The molecular weight excluding hydrogens is 294 g/mol. The zero-order valence-electron chi connectivity index (χ0n) is 10.6. The summed E-state index contributed by atoms with van der Waals surface area (Å²) in [5.41, 5.74) is 1.04. The predicted octanol–water partition coefficient (Wildman–Crippen LogP) is 3.30. The van der Waals surface area contributed by atoms with Crippen molar-refractivity contribution in [3.63, 3.8) is 0 Å². The minimum absolute atomic E-state index is 0.0733. The Kier molecular flexibility index (Phi) is 3.89. The van der Waals surface area contributed by atoms with E-state index >= 15 is 0 Å². The number of aromatic nitrogens is 2. The molecule has 0 spiro atoms. The number of hydrogen-bond acceptors (Lipinski definition) is 4. The molecule has 0 radical (unpaired) electrons. The maximum absolute atomic E-state index is 12.3. The van der Waals surface area contributed by atoms with Crippen LogP contribution in [0.2, 0.25) is 5.02 Å². The first-order chi connectivity index (χ1) is 9.75. The number of nitrogens with zero attached hydrogens (tertiary/aromatic N) is 3. The van der Waals surface area contributed by atoms with Gasteiger partial charge >= 0.3 is 0 Å². The number of carbonyl (C=O) groups is 1. The molecule has 1 amide bonds. The molecular formula is C14H12ClN3OS. The Morgan fingerprint density at radius 2 is 2.05 bits per heavy atom. The highest BCUT2D eigenvalue weighted by Crippen LogP contribution is 2.39. The molecule has 1 atom stereocenters. The van der Waals surface area contributed by atoms with Gasteiger partial charge in [0.15, 0.2) is 5.82 Å². The smallest absolute Gasteiger partial charge is 0.230 e. The summed E-state index contributed by atoms with van der Waals surface area (Å²) in [4.78, 5) is 22.3. The van der Waals surface area contributed by atoms with Crippen LogP contribution in [0.25, 0.3) is 0 Å². The van der Waals surface area contributed by atoms with Crippen molar-refractivity contribution in [3.8, 4) is 0 Å². The van der Waals surface area contributed by atoms with E-state index in [0.29, 0.717) is 17.3 Å². The standard InChI is InChI=1S/C14H12ClN3OS/c15-11-3-1-10(2-4-11)14-18(13(19)5-8-20-14)12-9-16-6-7-17-12/h1-4,6-7,9,14H,5,8H2. The summed E-state index contributed by atoms with van der Waals surface area (Å²) in [6.07, 6.45) is 5.33. The van der Waals surface area contributed by atoms with Crippen molar-refractivity contribution in [2.24, 2.45) is 0 Å². The lowest BCUT2D eigenvalue weighted by Crippen LogP contribution is -2.37. The summed E-state index contributed by atoms with van der Waals surface area (Å²) in [7, 11) is 0. The van der Waals surface area contributed by atoms with E-state index in [0.717, 1.165) is 11.3 Å². The summed E-state index contributed by atoms with van der Waals surface area (Å²) in [5, 5.41) is 0.608. The molecule has 0 aliphatic carbocycles. The highest BCUT2D eigenvalue weighted by atomic mass is 35.5. The van der Waals surface area contributed by atoms with E-state index in [9.17, 15) is 4.79 Å². The van der Waals surface area contributed by atoms with Gasteiger partial charge in [0, 0.05) is 29.6 Å². The molecule has 102 valence electrons. The van der Waals surface area contributed by atoms with Crippen molar-refractivity contribution in [1.29, 1.82) is 0 Å². The molecule has 3 rings (SSSR count). The van der Waals surface area contributed by atoms with Crippen molar-refractivity contribution >= 4 is 35.1 Å². The van der Waals surface area contributed by atoms with Crippen LogP contribution in [-0.4, -0.2) is 21.6 Å². The minimum Gasteiger partial charge on any atom is -0.279 e. The summed E-state index contributed by atoms with van der Waals surface area (Å²) in [6.45, 7) is 0. The quantitative estimate of drug-likeness (QED) is 0.854. The SMILES string of the molecule is O=C1CCSC(c2ccc(Cl)cc2)N1c1cnccn1. The van der Waals surface area contributed by atoms with Crippen LogP contribution in [0, 0.1) is 0 Å².